The first kappa shape index (κ1) is 35.2. The molecule has 2 aromatic heterocycles. The highest BCUT2D eigenvalue weighted by atomic mass is 16.3. The van der Waals surface area contributed by atoms with Crippen LogP contribution in [0.2, 0.25) is 0 Å². The van der Waals surface area contributed by atoms with Crippen LogP contribution in [0.25, 0.3) is 142 Å². The Bertz CT molecular complexity index is 4130. The molecular formula is C62H36O2. The molecule has 0 unspecified atom stereocenters. The molecule has 0 aliphatic heterocycles. The summed E-state index contributed by atoms with van der Waals surface area (Å²) in [7, 11) is 0. The van der Waals surface area contributed by atoms with Crippen LogP contribution in [-0.4, -0.2) is 0 Å². The maximum absolute atomic E-state index is 7.13. The zero-order chi connectivity index (χ0) is 41.9. The lowest BCUT2D eigenvalue weighted by Crippen LogP contribution is -1.91. The normalized spacial score (nSPS) is 12.1. The summed E-state index contributed by atoms with van der Waals surface area (Å²) in [5.74, 6) is 0. The van der Waals surface area contributed by atoms with E-state index in [2.05, 4.69) is 218 Å². The van der Waals surface area contributed by atoms with Crippen LogP contribution in [0.4, 0.5) is 0 Å². The first-order chi connectivity index (χ1) is 31.8. The predicted molar refractivity (Wildman–Crippen MR) is 270 cm³/mol. The largest absolute Gasteiger partial charge is 0.456 e. The van der Waals surface area contributed by atoms with Crippen LogP contribution in [0, 0.1) is 0 Å². The summed E-state index contributed by atoms with van der Waals surface area (Å²) in [6.45, 7) is 0. The molecule has 0 bridgehead atoms. The Morgan fingerprint density at radius 3 is 1.33 bits per heavy atom. The minimum atomic E-state index is 0.874. The topological polar surface area (TPSA) is 26.3 Å². The van der Waals surface area contributed by atoms with Crippen molar-refractivity contribution in [3.63, 3.8) is 0 Å². The van der Waals surface area contributed by atoms with Crippen LogP contribution in [0.1, 0.15) is 0 Å². The van der Waals surface area contributed by atoms with Gasteiger partial charge in [0.25, 0.3) is 0 Å². The van der Waals surface area contributed by atoms with Crippen molar-refractivity contribution in [2.75, 3.05) is 0 Å². The van der Waals surface area contributed by atoms with E-state index in [0.717, 1.165) is 55.0 Å². The van der Waals surface area contributed by atoms with Crippen molar-refractivity contribution in [2.24, 2.45) is 0 Å². The monoisotopic (exact) mass is 812 g/mol. The lowest BCUT2D eigenvalue weighted by molar-refractivity contribution is 0.669. The summed E-state index contributed by atoms with van der Waals surface area (Å²) in [5, 5.41) is 16.5. The van der Waals surface area contributed by atoms with Crippen LogP contribution in [0.5, 0.6) is 0 Å². The fraction of sp³-hybridized carbons (Fsp3) is 0. The number of benzene rings is 12. The number of hydrogen-bond donors (Lipinski definition) is 0. The summed E-state index contributed by atoms with van der Waals surface area (Å²) in [6.07, 6.45) is 0. The summed E-state index contributed by atoms with van der Waals surface area (Å²) in [4.78, 5) is 0. The molecule has 2 heteroatoms. The molecule has 0 amide bonds. The van der Waals surface area contributed by atoms with Gasteiger partial charge in [-0.25, -0.2) is 0 Å². The second-order valence-corrected chi connectivity index (χ2v) is 17.0. The quantitative estimate of drug-likeness (QED) is 0.166. The van der Waals surface area contributed by atoms with Crippen molar-refractivity contribution >= 4 is 97.7 Å². The van der Waals surface area contributed by atoms with Crippen LogP contribution in [0.3, 0.4) is 0 Å². The van der Waals surface area contributed by atoms with Gasteiger partial charge in [-0.05, 0) is 118 Å². The van der Waals surface area contributed by atoms with Gasteiger partial charge in [0.1, 0.15) is 22.3 Å². The molecule has 12 aromatic carbocycles. The highest BCUT2D eigenvalue weighted by Crippen LogP contribution is 2.50. The Kier molecular flexibility index (Phi) is 7.43. The van der Waals surface area contributed by atoms with E-state index in [0.29, 0.717) is 0 Å². The van der Waals surface area contributed by atoms with E-state index in [9.17, 15) is 0 Å². The molecule has 2 nitrogen and oxygen atoms in total. The number of para-hydroxylation sites is 1. The van der Waals surface area contributed by atoms with E-state index >= 15 is 0 Å². The predicted octanol–water partition coefficient (Wildman–Crippen LogP) is 17.9. The summed E-state index contributed by atoms with van der Waals surface area (Å²) >= 11 is 0. The van der Waals surface area contributed by atoms with Crippen molar-refractivity contribution < 1.29 is 8.83 Å². The van der Waals surface area contributed by atoms with Crippen molar-refractivity contribution in [1.82, 2.24) is 0 Å². The van der Waals surface area contributed by atoms with Crippen LogP contribution in [-0.2, 0) is 0 Å². The lowest BCUT2D eigenvalue weighted by Gasteiger charge is -2.18. The molecule has 0 aliphatic rings. The van der Waals surface area contributed by atoms with E-state index in [1.807, 2.05) is 0 Å². The molecule has 0 saturated carbocycles. The number of furan rings is 2. The Hall–Kier alpha value is -8.46. The molecule has 0 spiro atoms. The molecule has 296 valence electrons. The van der Waals surface area contributed by atoms with Gasteiger partial charge in [-0.2, -0.15) is 0 Å². The lowest BCUT2D eigenvalue weighted by atomic mass is 9.84. The van der Waals surface area contributed by atoms with E-state index in [1.165, 1.54) is 87.2 Å². The molecule has 2 heterocycles. The molecule has 0 fully saturated rings. The Labute approximate surface area is 367 Å². The van der Waals surface area contributed by atoms with Gasteiger partial charge < -0.3 is 8.83 Å². The van der Waals surface area contributed by atoms with Gasteiger partial charge in [0, 0.05) is 32.7 Å². The first-order valence-electron chi connectivity index (χ1n) is 22.0. The number of hydrogen-bond acceptors (Lipinski definition) is 2. The highest BCUT2D eigenvalue weighted by molar-refractivity contribution is 6.28. The fourth-order valence-electron chi connectivity index (χ4n) is 10.9. The van der Waals surface area contributed by atoms with Crippen molar-refractivity contribution in [2.45, 2.75) is 0 Å². The van der Waals surface area contributed by atoms with Gasteiger partial charge in [-0.1, -0.05) is 188 Å². The second-order valence-electron chi connectivity index (χ2n) is 17.0. The van der Waals surface area contributed by atoms with Gasteiger partial charge in [0.05, 0.1) is 0 Å². The van der Waals surface area contributed by atoms with Crippen LogP contribution >= 0.6 is 0 Å². The van der Waals surface area contributed by atoms with Gasteiger partial charge in [0.15, 0.2) is 0 Å². The summed E-state index contributed by atoms with van der Waals surface area (Å²) in [6, 6.07) is 79.2. The zero-order valence-electron chi connectivity index (χ0n) is 34.6. The van der Waals surface area contributed by atoms with Gasteiger partial charge >= 0.3 is 0 Å². The van der Waals surface area contributed by atoms with E-state index in [4.69, 9.17) is 8.83 Å². The maximum Gasteiger partial charge on any atom is 0.143 e. The Morgan fingerprint density at radius 1 is 0.234 bits per heavy atom. The highest BCUT2D eigenvalue weighted by Gasteiger charge is 2.24. The number of fused-ring (bicyclic) bond motifs is 11. The first-order valence-corrected chi connectivity index (χ1v) is 22.0. The molecule has 0 saturated heterocycles. The summed E-state index contributed by atoms with van der Waals surface area (Å²) in [5.41, 5.74) is 13.0. The molecular weight excluding hydrogens is 777 g/mol. The third-order valence-electron chi connectivity index (χ3n) is 13.6. The standard InChI is InChI=1S/C62H36O2/c1-2-16-37(17-3-1)57-41-20-6-10-24-45(41)59(46-25-11-7-21-42(46)57)49-28-15-31-55-61(49)51-30-14-29-50(62(51)64-55)60-47-26-12-8-22-43(47)58(44-23-9-13-27-48(44)60)40-32-33-54-52(35-40)53-34-38-18-4-5-19-39(38)36-56(53)63-54/h1-36H. The molecule has 0 aliphatic carbocycles. The van der Waals surface area contributed by atoms with Crippen LogP contribution in [0.15, 0.2) is 227 Å². The third kappa shape index (κ3) is 5.02. The van der Waals surface area contributed by atoms with Gasteiger partial charge in [-0.15, -0.1) is 0 Å². The minimum absolute atomic E-state index is 0.874. The van der Waals surface area contributed by atoms with E-state index in [1.54, 1.807) is 0 Å². The average molecular weight is 813 g/mol. The Morgan fingerprint density at radius 2 is 0.703 bits per heavy atom. The molecule has 0 atom stereocenters. The SMILES string of the molecule is c1ccc(-c2c3ccccc3c(-c3cccc4oc5c(-c6c7ccccc7c(-c7ccc8oc9cc%10ccccc%10cc9c8c7)c7ccccc67)cccc5c34)c3ccccc23)cc1. The zero-order valence-corrected chi connectivity index (χ0v) is 34.6. The van der Waals surface area contributed by atoms with Crippen molar-refractivity contribution in [1.29, 1.82) is 0 Å². The fourth-order valence-corrected chi connectivity index (χ4v) is 10.9. The maximum atomic E-state index is 7.13. The van der Waals surface area contributed by atoms with Crippen molar-refractivity contribution in [3.8, 4) is 44.5 Å². The number of rotatable bonds is 4. The smallest absolute Gasteiger partial charge is 0.143 e. The Balaban J connectivity index is 1.02. The third-order valence-corrected chi connectivity index (χ3v) is 13.6. The summed E-state index contributed by atoms with van der Waals surface area (Å²) < 4.78 is 13.6. The van der Waals surface area contributed by atoms with E-state index in [-0.39, 0.29) is 0 Å². The van der Waals surface area contributed by atoms with Gasteiger partial charge in [0.2, 0.25) is 0 Å². The molecule has 0 N–H and O–H groups in total. The minimum Gasteiger partial charge on any atom is -0.456 e. The van der Waals surface area contributed by atoms with E-state index < -0.39 is 0 Å². The van der Waals surface area contributed by atoms with Crippen molar-refractivity contribution in [3.05, 3.63) is 218 Å². The second kappa shape index (κ2) is 13.5. The molecule has 14 aromatic rings. The van der Waals surface area contributed by atoms with Crippen LogP contribution < -0.4 is 0 Å². The molecule has 64 heavy (non-hydrogen) atoms. The van der Waals surface area contributed by atoms with Gasteiger partial charge in [-0.3, -0.25) is 0 Å². The molecule has 0 radical (unpaired) electrons. The molecule has 14 rings (SSSR count). The average Bonchev–Trinajstić information content (AvgIpc) is 3.92.